The molecule has 0 radical (unpaired) electrons. The fraction of sp³-hybridized carbons (Fsp3) is 0.900. The summed E-state index contributed by atoms with van der Waals surface area (Å²) >= 11 is 0. The molecule has 0 aromatic rings. The predicted molar refractivity (Wildman–Crippen MR) is 51.1 cm³/mol. The van der Waals surface area contributed by atoms with Gasteiger partial charge in [-0.3, -0.25) is 0 Å². The summed E-state index contributed by atoms with van der Waals surface area (Å²) in [6.45, 7) is 2.49. The van der Waals surface area contributed by atoms with E-state index in [0.29, 0.717) is 13.0 Å². The van der Waals surface area contributed by atoms with Gasteiger partial charge in [0.2, 0.25) is 6.17 Å². The van der Waals surface area contributed by atoms with Crippen LogP contribution < -0.4 is 0 Å². The molecule has 15 heavy (non-hydrogen) atoms. The molecule has 1 aliphatic rings. The van der Waals surface area contributed by atoms with Crippen molar-refractivity contribution in [1.29, 1.82) is 0 Å². The molecule has 0 aromatic carbocycles. The van der Waals surface area contributed by atoms with E-state index in [9.17, 15) is 14.3 Å². The summed E-state index contributed by atoms with van der Waals surface area (Å²) in [5.74, 6) is -0.984. The maximum atomic E-state index is 13.7. The summed E-state index contributed by atoms with van der Waals surface area (Å²) in [6.07, 6.45) is -1.06. The van der Waals surface area contributed by atoms with Gasteiger partial charge in [-0.1, -0.05) is 0 Å². The van der Waals surface area contributed by atoms with E-state index in [-0.39, 0.29) is 26.1 Å². The lowest BCUT2D eigenvalue weighted by molar-refractivity contribution is -0.161. The average Bonchev–Trinajstić information content (AvgIpc) is 2.43. The molecule has 0 aromatic heterocycles. The molecule has 4 nitrogen and oxygen atoms in total. The average molecular weight is 220 g/mol. The summed E-state index contributed by atoms with van der Waals surface area (Å²) in [7, 11) is 0. The van der Waals surface area contributed by atoms with Gasteiger partial charge in [0.25, 0.3) is 0 Å². The zero-order chi connectivity index (χ0) is 11.3. The summed E-state index contributed by atoms with van der Waals surface area (Å²) in [5.41, 5.74) is -1.62. The molecule has 0 aliphatic carbocycles. The van der Waals surface area contributed by atoms with E-state index in [0.717, 1.165) is 0 Å². The third kappa shape index (κ3) is 3.14. The third-order valence-corrected chi connectivity index (χ3v) is 2.54. The maximum absolute atomic E-state index is 13.7. The Labute approximate surface area is 88.4 Å². The van der Waals surface area contributed by atoms with E-state index >= 15 is 0 Å². The molecule has 1 fully saturated rings. The Bertz CT molecular complexity index is 211. The van der Waals surface area contributed by atoms with E-state index in [1.54, 1.807) is 6.92 Å². The monoisotopic (exact) mass is 220 g/mol. The molecular weight excluding hydrogens is 203 g/mol. The lowest BCUT2D eigenvalue weighted by Gasteiger charge is -2.28. The number of alkyl halides is 1. The number of halogens is 1. The van der Waals surface area contributed by atoms with Crippen molar-refractivity contribution in [2.45, 2.75) is 38.0 Å². The van der Waals surface area contributed by atoms with Crippen LogP contribution in [0.4, 0.5) is 4.39 Å². The lowest BCUT2D eigenvalue weighted by Crippen LogP contribution is -2.45. The second-order valence-corrected chi connectivity index (χ2v) is 3.68. The molecule has 2 atom stereocenters. The second kappa shape index (κ2) is 5.42. The quantitative estimate of drug-likeness (QED) is 0.715. The van der Waals surface area contributed by atoms with Crippen molar-refractivity contribution in [3.8, 4) is 0 Å². The second-order valence-electron chi connectivity index (χ2n) is 3.68. The molecule has 1 saturated heterocycles. The fourth-order valence-electron chi connectivity index (χ4n) is 1.64. The molecule has 1 N–H and O–H groups in total. The van der Waals surface area contributed by atoms with Gasteiger partial charge in [0, 0.05) is 19.6 Å². The molecule has 1 heterocycles. The molecule has 0 bridgehead atoms. The van der Waals surface area contributed by atoms with Crippen LogP contribution in [-0.4, -0.2) is 42.7 Å². The van der Waals surface area contributed by atoms with Crippen LogP contribution in [0, 0.1) is 0 Å². The smallest absolute Gasteiger partial charge is 0.343 e. The molecule has 0 spiro atoms. The third-order valence-electron chi connectivity index (χ3n) is 2.54. The first-order chi connectivity index (χ1) is 7.10. The van der Waals surface area contributed by atoms with Crippen molar-refractivity contribution in [2.75, 3.05) is 19.8 Å². The number of hydrogen-bond donors (Lipinski definition) is 1. The van der Waals surface area contributed by atoms with Gasteiger partial charge >= 0.3 is 5.97 Å². The van der Waals surface area contributed by atoms with Gasteiger partial charge in [0.05, 0.1) is 6.61 Å². The predicted octanol–water partition coefficient (Wildman–Crippen LogP) is 0.819. The molecule has 1 rings (SSSR count). The first kappa shape index (κ1) is 12.4. The molecule has 88 valence electrons. The van der Waals surface area contributed by atoms with Crippen LogP contribution >= 0.6 is 0 Å². The highest BCUT2D eigenvalue weighted by molar-refractivity contribution is 5.76. The van der Waals surface area contributed by atoms with Gasteiger partial charge < -0.3 is 14.6 Å². The van der Waals surface area contributed by atoms with Gasteiger partial charge in [-0.05, 0) is 19.8 Å². The summed E-state index contributed by atoms with van der Waals surface area (Å²) in [5, 5.41) is 9.96. The number of ether oxygens (including phenoxy) is 2. The van der Waals surface area contributed by atoms with Crippen molar-refractivity contribution in [1.82, 2.24) is 0 Å². The number of esters is 1. The van der Waals surface area contributed by atoms with Crippen LogP contribution in [0.1, 0.15) is 26.2 Å². The SMILES string of the molecule is CCOC(=O)C(F)C1(O)CCCOCC1. The molecule has 0 amide bonds. The van der Waals surface area contributed by atoms with Gasteiger partial charge in [-0.25, -0.2) is 9.18 Å². The van der Waals surface area contributed by atoms with E-state index in [2.05, 4.69) is 4.74 Å². The van der Waals surface area contributed by atoms with E-state index in [1.165, 1.54) is 0 Å². The Morgan fingerprint density at radius 3 is 3.00 bits per heavy atom. The molecule has 5 heteroatoms. The van der Waals surface area contributed by atoms with Crippen molar-refractivity contribution in [2.24, 2.45) is 0 Å². The van der Waals surface area contributed by atoms with Crippen LogP contribution in [0.2, 0.25) is 0 Å². The first-order valence-corrected chi connectivity index (χ1v) is 5.21. The van der Waals surface area contributed by atoms with Crippen LogP contribution in [0.25, 0.3) is 0 Å². The van der Waals surface area contributed by atoms with E-state index in [4.69, 9.17) is 4.74 Å². The highest BCUT2D eigenvalue weighted by Gasteiger charge is 2.43. The van der Waals surface area contributed by atoms with Gasteiger partial charge in [0.1, 0.15) is 5.60 Å². The first-order valence-electron chi connectivity index (χ1n) is 5.21. The Morgan fingerprint density at radius 1 is 1.60 bits per heavy atom. The number of carbonyl (C=O) groups is 1. The number of hydrogen-bond acceptors (Lipinski definition) is 4. The van der Waals surface area contributed by atoms with Crippen LogP contribution in [0.5, 0.6) is 0 Å². The standard InChI is InChI=1S/C10H17FO4/c1-2-15-9(12)8(11)10(13)4-3-6-14-7-5-10/h8,13H,2-7H2,1H3. The van der Waals surface area contributed by atoms with Crippen molar-refractivity contribution in [3.63, 3.8) is 0 Å². The maximum Gasteiger partial charge on any atom is 0.343 e. The van der Waals surface area contributed by atoms with Crippen LogP contribution in [0.15, 0.2) is 0 Å². The van der Waals surface area contributed by atoms with Crippen molar-refractivity contribution >= 4 is 5.97 Å². The molecular formula is C10H17FO4. The highest BCUT2D eigenvalue weighted by Crippen LogP contribution is 2.27. The minimum Gasteiger partial charge on any atom is -0.464 e. The largest absolute Gasteiger partial charge is 0.464 e. The zero-order valence-electron chi connectivity index (χ0n) is 8.87. The van der Waals surface area contributed by atoms with Crippen LogP contribution in [-0.2, 0) is 14.3 Å². The summed E-state index contributed by atoms with van der Waals surface area (Å²) < 4.78 is 23.3. The van der Waals surface area contributed by atoms with Gasteiger partial charge in [-0.2, -0.15) is 0 Å². The fourth-order valence-corrected chi connectivity index (χ4v) is 1.64. The number of aliphatic hydroxyl groups is 1. The normalized spacial score (nSPS) is 29.3. The van der Waals surface area contributed by atoms with Gasteiger partial charge in [-0.15, -0.1) is 0 Å². The number of carbonyl (C=O) groups excluding carboxylic acids is 1. The summed E-state index contributed by atoms with van der Waals surface area (Å²) in [4.78, 5) is 11.2. The Balaban J connectivity index is 2.61. The molecule has 1 aliphatic heterocycles. The lowest BCUT2D eigenvalue weighted by atomic mass is 9.89. The Kier molecular flexibility index (Phi) is 4.47. The minimum absolute atomic E-state index is 0.117. The Hall–Kier alpha value is -0.680. The van der Waals surface area contributed by atoms with Crippen LogP contribution in [0.3, 0.4) is 0 Å². The van der Waals surface area contributed by atoms with Crippen molar-refractivity contribution < 1.29 is 23.8 Å². The molecule has 0 saturated carbocycles. The topological polar surface area (TPSA) is 55.8 Å². The molecule has 2 unspecified atom stereocenters. The van der Waals surface area contributed by atoms with Crippen molar-refractivity contribution in [3.05, 3.63) is 0 Å². The minimum atomic E-state index is -1.97. The van der Waals surface area contributed by atoms with E-state index in [1.807, 2.05) is 0 Å². The van der Waals surface area contributed by atoms with E-state index < -0.39 is 17.7 Å². The summed E-state index contributed by atoms with van der Waals surface area (Å²) in [6, 6.07) is 0. The Morgan fingerprint density at radius 2 is 2.33 bits per heavy atom. The van der Waals surface area contributed by atoms with Gasteiger partial charge in [0.15, 0.2) is 0 Å². The zero-order valence-corrected chi connectivity index (χ0v) is 8.87. The number of rotatable bonds is 3. The highest BCUT2D eigenvalue weighted by atomic mass is 19.1.